The van der Waals surface area contributed by atoms with E-state index < -0.39 is 5.60 Å². The molecule has 0 saturated carbocycles. The number of carbonyl (C=O) groups excluding carboxylic acids is 1. The van der Waals surface area contributed by atoms with Crippen LogP contribution in [0.4, 0.5) is 4.79 Å². The van der Waals surface area contributed by atoms with Gasteiger partial charge in [0, 0.05) is 38.3 Å². The Bertz CT molecular complexity index is 314. The summed E-state index contributed by atoms with van der Waals surface area (Å²) in [6.45, 7) is 9.26. The highest BCUT2D eigenvalue weighted by Gasteiger charge is 2.35. The van der Waals surface area contributed by atoms with Crippen molar-refractivity contribution in [2.24, 2.45) is 5.73 Å². The van der Waals surface area contributed by atoms with Crippen molar-refractivity contribution in [3.63, 3.8) is 0 Å². The van der Waals surface area contributed by atoms with Crippen LogP contribution in [0.1, 0.15) is 33.6 Å². The zero-order valence-corrected chi connectivity index (χ0v) is 11.7. The van der Waals surface area contributed by atoms with Crippen molar-refractivity contribution in [2.45, 2.75) is 51.3 Å². The number of rotatable bonds is 0. The lowest BCUT2D eigenvalue weighted by Crippen LogP contribution is -2.42. The van der Waals surface area contributed by atoms with Gasteiger partial charge in [0.15, 0.2) is 0 Å². The molecule has 5 heteroatoms. The molecule has 0 aromatic carbocycles. The maximum atomic E-state index is 12.1. The van der Waals surface area contributed by atoms with E-state index in [0.717, 1.165) is 39.0 Å². The third kappa shape index (κ3) is 3.36. The first-order valence-electron chi connectivity index (χ1n) is 6.83. The molecule has 0 aromatic heterocycles. The molecule has 0 spiro atoms. The smallest absolute Gasteiger partial charge is 0.410 e. The summed E-state index contributed by atoms with van der Waals surface area (Å²) in [6, 6.07) is 0.670. The van der Waals surface area contributed by atoms with Gasteiger partial charge in [-0.1, -0.05) is 0 Å². The summed E-state index contributed by atoms with van der Waals surface area (Å²) in [7, 11) is 0. The molecule has 2 heterocycles. The van der Waals surface area contributed by atoms with Crippen molar-refractivity contribution < 1.29 is 9.53 Å². The van der Waals surface area contributed by atoms with Gasteiger partial charge in [0.25, 0.3) is 0 Å². The van der Waals surface area contributed by atoms with E-state index in [-0.39, 0.29) is 12.1 Å². The average Bonchev–Trinajstić information content (AvgIpc) is 2.43. The quantitative estimate of drug-likeness (QED) is 0.702. The predicted octanol–water partition coefficient (Wildman–Crippen LogP) is 1.03. The van der Waals surface area contributed by atoms with Gasteiger partial charge in [-0.15, -0.1) is 0 Å². The minimum atomic E-state index is -0.421. The highest BCUT2D eigenvalue weighted by atomic mass is 16.6. The summed E-state index contributed by atoms with van der Waals surface area (Å²) in [4.78, 5) is 16.3. The van der Waals surface area contributed by atoms with Gasteiger partial charge in [0.1, 0.15) is 5.60 Å². The van der Waals surface area contributed by atoms with Crippen molar-refractivity contribution in [1.29, 1.82) is 0 Å². The van der Waals surface area contributed by atoms with Crippen LogP contribution in [-0.2, 0) is 4.74 Å². The van der Waals surface area contributed by atoms with Gasteiger partial charge in [-0.25, -0.2) is 4.79 Å². The molecule has 2 fully saturated rings. The van der Waals surface area contributed by atoms with Gasteiger partial charge in [-0.05, 0) is 33.6 Å². The fraction of sp³-hybridized carbons (Fsp3) is 0.923. The zero-order chi connectivity index (χ0) is 13.3. The second-order valence-electron chi connectivity index (χ2n) is 6.42. The van der Waals surface area contributed by atoms with E-state index >= 15 is 0 Å². The molecule has 104 valence electrons. The first-order valence-corrected chi connectivity index (χ1v) is 6.83. The van der Waals surface area contributed by atoms with Crippen LogP contribution in [0.25, 0.3) is 0 Å². The lowest BCUT2D eigenvalue weighted by atomic mass is 10.2. The lowest BCUT2D eigenvalue weighted by Gasteiger charge is -2.28. The lowest BCUT2D eigenvalue weighted by molar-refractivity contribution is 0.0239. The number of amides is 1. The van der Waals surface area contributed by atoms with Crippen molar-refractivity contribution in [1.82, 2.24) is 9.80 Å². The summed E-state index contributed by atoms with van der Waals surface area (Å²) >= 11 is 0. The molecule has 5 nitrogen and oxygen atoms in total. The van der Waals surface area contributed by atoms with Crippen LogP contribution in [0.2, 0.25) is 0 Å². The summed E-state index contributed by atoms with van der Waals surface area (Å²) in [5.41, 5.74) is 5.57. The standard InChI is InChI=1S/C13H25N3O2/c1-13(2,3)18-12(17)16-6-4-5-15-8-10(14)7-11(15)9-16/h10-11H,4-9,14H2,1-3H3. The summed E-state index contributed by atoms with van der Waals surface area (Å²) in [5, 5.41) is 0. The largest absolute Gasteiger partial charge is 0.444 e. The third-order valence-corrected chi connectivity index (χ3v) is 3.52. The molecule has 2 aliphatic heterocycles. The fourth-order valence-electron chi connectivity index (χ4n) is 2.79. The van der Waals surface area contributed by atoms with Crippen LogP contribution in [0.3, 0.4) is 0 Å². The second-order valence-corrected chi connectivity index (χ2v) is 6.42. The van der Waals surface area contributed by atoms with Gasteiger partial charge >= 0.3 is 6.09 Å². The van der Waals surface area contributed by atoms with E-state index in [1.807, 2.05) is 25.7 Å². The number of ether oxygens (including phenoxy) is 1. The topological polar surface area (TPSA) is 58.8 Å². The molecule has 0 aromatic rings. The third-order valence-electron chi connectivity index (χ3n) is 3.52. The number of nitrogens with zero attached hydrogens (tertiary/aromatic N) is 2. The first kappa shape index (κ1) is 13.6. The van der Waals surface area contributed by atoms with Gasteiger partial charge in [-0.3, -0.25) is 4.90 Å². The Balaban J connectivity index is 1.96. The predicted molar refractivity (Wildman–Crippen MR) is 70.4 cm³/mol. The Morgan fingerprint density at radius 2 is 2.00 bits per heavy atom. The highest BCUT2D eigenvalue weighted by molar-refractivity contribution is 5.68. The molecule has 0 radical (unpaired) electrons. The van der Waals surface area contributed by atoms with E-state index in [1.54, 1.807) is 0 Å². The molecule has 2 aliphatic rings. The monoisotopic (exact) mass is 255 g/mol. The Labute approximate surface area is 109 Å². The number of carbonyl (C=O) groups is 1. The normalized spacial score (nSPS) is 29.9. The van der Waals surface area contributed by atoms with Crippen LogP contribution < -0.4 is 5.73 Å². The molecule has 2 saturated heterocycles. The molecule has 1 amide bonds. The maximum Gasteiger partial charge on any atom is 0.410 e. The molecule has 0 aliphatic carbocycles. The molecule has 18 heavy (non-hydrogen) atoms. The van der Waals surface area contributed by atoms with Crippen LogP contribution in [-0.4, -0.2) is 59.8 Å². The van der Waals surface area contributed by atoms with Crippen LogP contribution in [0.5, 0.6) is 0 Å². The minimum absolute atomic E-state index is 0.190. The van der Waals surface area contributed by atoms with Crippen molar-refractivity contribution in [2.75, 3.05) is 26.2 Å². The molecular weight excluding hydrogens is 230 g/mol. The van der Waals surface area contributed by atoms with E-state index in [4.69, 9.17) is 10.5 Å². The maximum absolute atomic E-state index is 12.1. The Kier molecular flexibility index (Phi) is 3.82. The fourth-order valence-corrected chi connectivity index (χ4v) is 2.79. The van der Waals surface area contributed by atoms with Crippen molar-refractivity contribution in [3.8, 4) is 0 Å². The Morgan fingerprint density at radius 1 is 1.28 bits per heavy atom. The number of hydrogen-bond donors (Lipinski definition) is 1. The van der Waals surface area contributed by atoms with E-state index in [1.165, 1.54) is 0 Å². The highest BCUT2D eigenvalue weighted by Crippen LogP contribution is 2.22. The summed E-state index contributed by atoms with van der Waals surface area (Å²) < 4.78 is 5.45. The van der Waals surface area contributed by atoms with Gasteiger partial charge < -0.3 is 15.4 Å². The van der Waals surface area contributed by atoms with E-state index in [9.17, 15) is 4.79 Å². The number of hydrogen-bond acceptors (Lipinski definition) is 4. The first-order chi connectivity index (χ1) is 8.35. The summed E-state index contributed by atoms with van der Waals surface area (Å²) in [6.07, 6.45) is 1.80. The minimum Gasteiger partial charge on any atom is -0.444 e. The molecular formula is C13H25N3O2. The van der Waals surface area contributed by atoms with Crippen molar-refractivity contribution >= 4 is 6.09 Å². The Hall–Kier alpha value is -0.810. The molecule has 2 rings (SSSR count). The van der Waals surface area contributed by atoms with Crippen LogP contribution >= 0.6 is 0 Å². The average molecular weight is 255 g/mol. The number of nitrogens with two attached hydrogens (primary N) is 1. The van der Waals surface area contributed by atoms with Gasteiger partial charge in [0.2, 0.25) is 0 Å². The van der Waals surface area contributed by atoms with Crippen molar-refractivity contribution in [3.05, 3.63) is 0 Å². The SMILES string of the molecule is CC(C)(C)OC(=O)N1CCCN2CC(N)CC2C1. The van der Waals surface area contributed by atoms with E-state index in [2.05, 4.69) is 4.90 Å². The molecule has 0 bridgehead atoms. The Morgan fingerprint density at radius 3 is 2.67 bits per heavy atom. The van der Waals surface area contributed by atoms with E-state index in [0.29, 0.717) is 6.04 Å². The molecule has 2 N–H and O–H groups in total. The van der Waals surface area contributed by atoms with Crippen LogP contribution in [0, 0.1) is 0 Å². The molecule has 2 unspecified atom stereocenters. The summed E-state index contributed by atoms with van der Waals surface area (Å²) in [5.74, 6) is 0. The zero-order valence-electron chi connectivity index (χ0n) is 11.7. The van der Waals surface area contributed by atoms with Gasteiger partial charge in [-0.2, -0.15) is 0 Å². The van der Waals surface area contributed by atoms with Gasteiger partial charge in [0.05, 0.1) is 0 Å². The molecule has 2 atom stereocenters. The second kappa shape index (κ2) is 5.05. The number of fused-ring (bicyclic) bond motifs is 1. The van der Waals surface area contributed by atoms with Crippen LogP contribution in [0.15, 0.2) is 0 Å².